The first-order valence-corrected chi connectivity index (χ1v) is 7.37. The van der Waals surface area contributed by atoms with Gasteiger partial charge in [0.2, 0.25) is 11.8 Å². The van der Waals surface area contributed by atoms with Crippen LogP contribution in [0.4, 0.5) is 8.78 Å². The van der Waals surface area contributed by atoms with Gasteiger partial charge in [0.05, 0.1) is 6.61 Å². The van der Waals surface area contributed by atoms with Crippen molar-refractivity contribution in [2.75, 3.05) is 26.2 Å². The molecule has 124 valence electrons. The molecule has 2 atom stereocenters. The van der Waals surface area contributed by atoms with Gasteiger partial charge < -0.3 is 15.3 Å². The predicted octanol–water partition coefficient (Wildman–Crippen LogP) is -0.532. The molecular weight excluding hydrogens is 308 g/mol. The Morgan fingerprint density at radius 3 is 2.70 bits per heavy atom. The number of rotatable bonds is 3. The number of halogens is 2. The highest BCUT2D eigenvalue weighted by Gasteiger charge is 2.43. The number of nitrogens with one attached hydrogen (secondary N) is 1. The fourth-order valence-electron chi connectivity index (χ4n) is 3.02. The van der Waals surface area contributed by atoms with Gasteiger partial charge in [0, 0.05) is 26.2 Å². The van der Waals surface area contributed by atoms with Crippen LogP contribution < -0.4 is 5.32 Å². The molecule has 2 amide bonds. The quantitative estimate of drug-likeness (QED) is 0.784. The summed E-state index contributed by atoms with van der Waals surface area (Å²) >= 11 is 0. The zero-order valence-corrected chi connectivity index (χ0v) is 12.3. The summed E-state index contributed by atoms with van der Waals surface area (Å²) in [4.78, 5) is 27.6. The Labute approximate surface area is 131 Å². The normalized spacial score (nSPS) is 25.3. The maximum Gasteiger partial charge on any atom is 0.248 e. The zero-order chi connectivity index (χ0) is 16.6. The average Bonchev–Trinajstić information content (AvgIpc) is 2.54. The molecule has 0 aliphatic carbocycles. The molecule has 2 aliphatic heterocycles. The monoisotopic (exact) mass is 325 g/mol. The molecular formula is C15H17F2N3O3. The second kappa shape index (κ2) is 6.21. The van der Waals surface area contributed by atoms with Crippen molar-refractivity contribution >= 4 is 11.8 Å². The molecule has 0 spiro atoms. The first kappa shape index (κ1) is 15.8. The molecule has 0 saturated carbocycles. The highest BCUT2D eigenvalue weighted by Crippen LogP contribution is 2.18. The molecule has 8 heteroatoms. The molecule has 0 radical (unpaired) electrons. The second-order valence-electron chi connectivity index (χ2n) is 5.77. The smallest absolute Gasteiger partial charge is 0.248 e. The minimum atomic E-state index is -0.905. The van der Waals surface area contributed by atoms with Crippen molar-refractivity contribution < 1.29 is 23.5 Å². The largest absolute Gasteiger partial charge is 0.394 e. The van der Waals surface area contributed by atoms with E-state index in [1.165, 1.54) is 11.0 Å². The van der Waals surface area contributed by atoms with E-state index in [1.807, 2.05) is 4.90 Å². The van der Waals surface area contributed by atoms with Crippen molar-refractivity contribution in [3.05, 3.63) is 35.4 Å². The maximum atomic E-state index is 13.3. The summed E-state index contributed by atoms with van der Waals surface area (Å²) in [5, 5.41) is 11.6. The Kier molecular flexibility index (Phi) is 4.27. The molecule has 2 heterocycles. The standard InChI is InChI=1S/C15H17F2N3O3/c16-10-2-1-9(5-11(10)17)6-19-3-4-20-13(7-19)14(22)18-12(8-21)15(20)23/h1-2,5,12-13,21H,3-4,6-8H2,(H,18,22)/t12-,13-/m1/s1. The minimum absolute atomic E-state index is 0.287. The number of hydrogen-bond acceptors (Lipinski definition) is 4. The molecule has 2 fully saturated rings. The van der Waals surface area contributed by atoms with E-state index in [9.17, 15) is 18.4 Å². The van der Waals surface area contributed by atoms with E-state index >= 15 is 0 Å². The lowest BCUT2D eigenvalue weighted by atomic mass is 10.0. The summed E-state index contributed by atoms with van der Waals surface area (Å²) in [6, 6.07) is 2.21. The van der Waals surface area contributed by atoms with Crippen molar-refractivity contribution in [1.82, 2.24) is 15.1 Å². The number of nitrogens with zero attached hydrogens (tertiary/aromatic N) is 2. The average molecular weight is 325 g/mol. The van der Waals surface area contributed by atoms with Gasteiger partial charge in [-0.1, -0.05) is 6.07 Å². The Morgan fingerprint density at radius 2 is 2.00 bits per heavy atom. The molecule has 0 unspecified atom stereocenters. The molecule has 2 aliphatic rings. The molecule has 6 nitrogen and oxygen atoms in total. The summed E-state index contributed by atoms with van der Waals surface area (Å²) in [6.45, 7) is 1.14. The van der Waals surface area contributed by atoms with E-state index in [0.29, 0.717) is 31.7 Å². The topological polar surface area (TPSA) is 72.9 Å². The second-order valence-corrected chi connectivity index (χ2v) is 5.77. The fourth-order valence-corrected chi connectivity index (χ4v) is 3.02. The van der Waals surface area contributed by atoms with E-state index in [0.717, 1.165) is 12.1 Å². The summed E-state index contributed by atoms with van der Waals surface area (Å²) in [5.41, 5.74) is 0.605. The van der Waals surface area contributed by atoms with Gasteiger partial charge in [0.15, 0.2) is 11.6 Å². The van der Waals surface area contributed by atoms with Gasteiger partial charge in [0.1, 0.15) is 12.1 Å². The first-order chi connectivity index (χ1) is 11.0. The summed E-state index contributed by atoms with van der Waals surface area (Å²) in [7, 11) is 0. The van der Waals surface area contributed by atoms with Crippen molar-refractivity contribution in [3.8, 4) is 0 Å². The molecule has 1 aromatic rings. The van der Waals surface area contributed by atoms with Crippen LogP contribution >= 0.6 is 0 Å². The molecule has 0 bridgehead atoms. The third-order valence-electron chi connectivity index (χ3n) is 4.24. The van der Waals surface area contributed by atoms with Gasteiger partial charge in [-0.05, 0) is 17.7 Å². The minimum Gasteiger partial charge on any atom is -0.394 e. The lowest BCUT2D eigenvalue weighted by Gasteiger charge is -2.45. The highest BCUT2D eigenvalue weighted by atomic mass is 19.2. The van der Waals surface area contributed by atoms with E-state index in [4.69, 9.17) is 5.11 Å². The van der Waals surface area contributed by atoms with Crippen LogP contribution in [0.1, 0.15) is 5.56 Å². The maximum absolute atomic E-state index is 13.3. The Hall–Kier alpha value is -2.06. The third-order valence-corrected chi connectivity index (χ3v) is 4.24. The van der Waals surface area contributed by atoms with E-state index in [1.54, 1.807) is 0 Å². The zero-order valence-electron chi connectivity index (χ0n) is 12.3. The van der Waals surface area contributed by atoms with E-state index in [-0.39, 0.29) is 11.8 Å². The summed E-state index contributed by atoms with van der Waals surface area (Å²) in [6.07, 6.45) is 0. The number of aliphatic hydroxyl groups excluding tert-OH is 1. The fraction of sp³-hybridized carbons (Fsp3) is 0.467. The van der Waals surface area contributed by atoms with Gasteiger partial charge in [-0.2, -0.15) is 0 Å². The highest BCUT2D eigenvalue weighted by molar-refractivity contribution is 5.97. The van der Waals surface area contributed by atoms with E-state index < -0.39 is 30.3 Å². The lowest BCUT2D eigenvalue weighted by Crippen LogP contribution is -2.69. The number of fused-ring (bicyclic) bond motifs is 1. The lowest BCUT2D eigenvalue weighted by molar-refractivity contribution is -0.154. The van der Waals surface area contributed by atoms with Gasteiger partial charge in [-0.3, -0.25) is 14.5 Å². The number of aliphatic hydroxyl groups is 1. The number of carbonyl (C=O) groups is 2. The Balaban J connectivity index is 1.69. The van der Waals surface area contributed by atoms with Gasteiger partial charge >= 0.3 is 0 Å². The third kappa shape index (κ3) is 3.04. The van der Waals surface area contributed by atoms with Crippen molar-refractivity contribution in [2.45, 2.75) is 18.6 Å². The van der Waals surface area contributed by atoms with Gasteiger partial charge in [0.25, 0.3) is 0 Å². The van der Waals surface area contributed by atoms with Crippen molar-refractivity contribution in [3.63, 3.8) is 0 Å². The number of amides is 2. The van der Waals surface area contributed by atoms with Crippen LogP contribution in [0.25, 0.3) is 0 Å². The van der Waals surface area contributed by atoms with Crippen molar-refractivity contribution in [1.29, 1.82) is 0 Å². The SMILES string of the molecule is O=C1N[C@H](CO)C(=O)N2CCN(Cc3ccc(F)c(F)c3)C[C@H]12. The van der Waals surface area contributed by atoms with Crippen LogP contribution in [-0.4, -0.2) is 65.0 Å². The van der Waals surface area contributed by atoms with Gasteiger partial charge in [-0.25, -0.2) is 8.78 Å². The van der Waals surface area contributed by atoms with Crippen LogP contribution in [0.5, 0.6) is 0 Å². The summed E-state index contributed by atoms with van der Waals surface area (Å²) in [5.74, 6) is -2.40. The molecule has 3 rings (SSSR count). The van der Waals surface area contributed by atoms with Crippen LogP contribution in [0.15, 0.2) is 18.2 Å². The van der Waals surface area contributed by atoms with Crippen LogP contribution in [0.3, 0.4) is 0 Å². The molecule has 23 heavy (non-hydrogen) atoms. The number of hydrogen-bond donors (Lipinski definition) is 2. The van der Waals surface area contributed by atoms with Gasteiger partial charge in [-0.15, -0.1) is 0 Å². The molecule has 2 saturated heterocycles. The number of carbonyl (C=O) groups excluding carboxylic acids is 2. The van der Waals surface area contributed by atoms with Crippen LogP contribution in [-0.2, 0) is 16.1 Å². The molecule has 1 aromatic carbocycles. The first-order valence-electron chi connectivity index (χ1n) is 7.37. The van der Waals surface area contributed by atoms with E-state index in [2.05, 4.69) is 5.32 Å². The van der Waals surface area contributed by atoms with Crippen LogP contribution in [0.2, 0.25) is 0 Å². The Morgan fingerprint density at radius 1 is 1.22 bits per heavy atom. The van der Waals surface area contributed by atoms with Crippen LogP contribution in [0, 0.1) is 11.6 Å². The predicted molar refractivity (Wildman–Crippen MR) is 76.2 cm³/mol. The molecule has 2 N–H and O–H groups in total. The molecule has 0 aromatic heterocycles. The van der Waals surface area contributed by atoms with Crippen molar-refractivity contribution in [2.24, 2.45) is 0 Å². The number of benzene rings is 1. The summed E-state index contributed by atoms with van der Waals surface area (Å²) < 4.78 is 26.2. The Bertz CT molecular complexity index is 640. The number of piperazine rings is 2.